The second-order valence-electron chi connectivity index (χ2n) is 4.78. The molecule has 0 bridgehead atoms. The van der Waals surface area contributed by atoms with Gasteiger partial charge in [0.25, 0.3) is 0 Å². The summed E-state index contributed by atoms with van der Waals surface area (Å²) >= 11 is 0. The van der Waals surface area contributed by atoms with Crippen LogP contribution in [-0.2, 0) is 12.8 Å². The molecule has 1 aromatic rings. The summed E-state index contributed by atoms with van der Waals surface area (Å²) in [5.74, 6) is 0.215. The first-order valence-electron chi connectivity index (χ1n) is 6.79. The van der Waals surface area contributed by atoms with Crippen LogP contribution in [0.15, 0.2) is 30.9 Å². The minimum Gasteiger partial charge on any atom is -0.102 e. The molecule has 1 atom stereocenters. The summed E-state index contributed by atoms with van der Waals surface area (Å²) < 4.78 is 0. The molecule has 0 spiro atoms. The van der Waals surface area contributed by atoms with Crippen molar-refractivity contribution in [2.24, 2.45) is 0 Å². The lowest BCUT2D eigenvalue weighted by Gasteiger charge is -2.12. The summed E-state index contributed by atoms with van der Waals surface area (Å²) in [5.41, 5.74) is 4.23. The van der Waals surface area contributed by atoms with Crippen LogP contribution in [0.2, 0.25) is 0 Å². The lowest BCUT2D eigenvalue weighted by Crippen LogP contribution is -1.96. The van der Waals surface area contributed by atoms with E-state index >= 15 is 0 Å². The maximum Gasteiger partial charge on any atom is 0.00158 e. The van der Waals surface area contributed by atoms with Gasteiger partial charge in [-0.3, -0.25) is 0 Å². The highest BCUT2D eigenvalue weighted by Crippen LogP contribution is 2.21. The molecule has 0 aromatic heterocycles. The minimum absolute atomic E-state index is 0.215. The molecule has 0 saturated heterocycles. The van der Waals surface area contributed by atoms with Crippen LogP contribution < -0.4 is 0 Å². The van der Waals surface area contributed by atoms with Gasteiger partial charge < -0.3 is 0 Å². The molecule has 0 aliphatic heterocycles. The normalized spacial score (nSPS) is 12.4. The summed E-state index contributed by atoms with van der Waals surface area (Å²) in [6, 6.07) is 6.95. The van der Waals surface area contributed by atoms with E-state index in [1.54, 1.807) is 0 Å². The van der Waals surface area contributed by atoms with Crippen LogP contribution in [0.3, 0.4) is 0 Å². The van der Waals surface area contributed by atoms with E-state index in [-0.39, 0.29) is 5.92 Å². The molecule has 1 unspecified atom stereocenters. The zero-order valence-corrected chi connectivity index (χ0v) is 11.3. The van der Waals surface area contributed by atoms with E-state index < -0.39 is 0 Å². The summed E-state index contributed by atoms with van der Waals surface area (Å²) in [4.78, 5) is 0. The highest BCUT2D eigenvalue weighted by atomic mass is 14.1. The van der Waals surface area contributed by atoms with Crippen molar-refractivity contribution in [2.75, 3.05) is 0 Å². The van der Waals surface area contributed by atoms with Gasteiger partial charge in [-0.25, -0.2) is 0 Å². The Morgan fingerprint density at radius 3 is 2.24 bits per heavy atom. The molecule has 0 aliphatic rings. The molecular formula is C17H25. The fourth-order valence-electron chi connectivity index (χ4n) is 2.10. The topological polar surface area (TPSA) is 0 Å². The van der Waals surface area contributed by atoms with Crippen LogP contribution in [0.25, 0.3) is 0 Å². The monoisotopic (exact) mass is 229 g/mol. The van der Waals surface area contributed by atoms with Crippen molar-refractivity contribution < 1.29 is 0 Å². The van der Waals surface area contributed by atoms with Gasteiger partial charge in [0, 0.05) is 5.92 Å². The lowest BCUT2D eigenvalue weighted by molar-refractivity contribution is 0.790. The van der Waals surface area contributed by atoms with Gasteiger partial charge in [-0.2, -0.15) is 0 Å². The summed E-state index contributed by atoms with van der Waals surface area (Å²) in [6.45, 7) is 12.4. The third-order valence-corrected chi connectivity index (χ3v) is 3.15. The lowest BCUT2D eigenvalue weighted by atomic mass is 9.93. The zero-order chi connectivity index (χ0) is 12.7. The molecule has 0 heteroatoms. The number of allylic oxidation sites excluding steroid dienone is 1. The molecule has 93 valence electrons. The maximum absolute atomic E-state index is 4.13. The molecule has 1 rings (SSSR count). The quantitative estimate of drug-likeness (QED) is 0.572. The molecule has 17 heavy (non-hydrogen) atoms. The first-order chi connectivity index (χ1) is 8.21. The van der Waals surface area contributed by atoms with Gasteiger partial charge in [0.05, 0.1) is 0 Å². The Labute approximate surface area is 107 Å². The first kappa shape index (κ1) is 14.0. The maximum atomic E-state index is 4.13. The van der Waals surface area contributed by atoms with E-state index in [1.807, 2.05) is 6.08 Å². The molecule has 0 aliphatic carbocycles. The average molecular weight is 229 g/mol. The summed E-state index contributed by atoms with van der Waals surface area (Å²) in [5, 5.41) is 0. The SMILES string of the molecule is [CH2]C(C=C)c1cc(CCC)cc(CCCC)c1. The van der Waals surface area contributed by atoms with Crippen molar-refractivity contribution in [1.29, 1.82) is 0 Å². The van der Waals surface area contributed by atoms with Crippen LogP contribution >= 0.6 is 0 Å². The number of aryl methyl sites for hydroxylation is 2. The van der Waals surface area contributed by atoms with E-state index in [9.17, 15) is 0 Å². The van der Waals surface area contributed by atoms with Gasteiger partial charge in [-0.05, 0) is 42.9 Å². The Morgan fingerprint density at radius 1 is 1.06 bits per heavy atom. The highest BCUT2D eigenvalue weighted by Gasteiger charge is 2.05. The second kappa shape index (κ2) is 7.32. The van der Waals surface area contributed by atoms with Gasteiger partial charge in [0.2, 0.25) is 0 Å². The van der Waals surface area contributed by atoms with Gasteiger partial charge in [0.15, 0.2) is 0 Å². The molecular weight excluding hydrogens is 204 g/mol. The van der Waals surface area contributed by atoms with Gasteiger partial charge in [-0.1, -0.05) is 51.0 Å². The Hall–Kier alpha value is -1.04. The van der Waals surface area contributed by atoms with E-state index in [0.717, 1.165) is 6.42 Å². The molecule has 0 nitrogen and oxygen atoms in total. The van der Waals surface area contributed by atoms with Crippen LogP contribution in [-0.4, -0.2) is 0 Å². The third-order valence-electron chi connectivity index (χ3n) is 3.15. The predicted molar refractivity (Wildman–Crippen MR) is 77.3 cm³/mol. The summed E-state index contributed by atoms with van der Waals surface area (Å²) in [6.07, 6.45) is 8.00. The van der Waals surface area contributed by atoms with E-state index in [1.165, 1.54) is 42.4 Å². The third kappa shape index (κ3) is 4.38. The Balaban J connectivity index is 2.95. The van der Waals surface area contributed by atoms with Crippen molar-refractivity contribution in [1.82, 2.24) is 0 Å². The van der Waals surface area contributed by atoms with E-state index in [4.69, 9.17) is 0 Å². The number of rotatable bonds is 7. The minimum atomic E-state index is 0.215. The second-order valence-corrected chi connectivity index (χ2v) is 4.78. The number of unbranched alkanes of at least 4 members (excludes halogenated alkanes) is 1. The number of hydrogen-bond acceptors (Lipinski definition) is 0. The highest BCUT2D eigenvalue weighted by molar-refractivity contribution is 5.35. The first-order valence-corrected chi connectivity index (χ1v) is 6.79. The van der Waals surface area contributed by atoms with Crippen molar-refractivity contribution in [3.05, 3.63) is 54.5 Å². The fourth-order valence-corrected chi connectivity index (χ4v) is 2.10. The van der Waals surface area contributed by atoms with Gasteiger partial charge >= 0.3 is 0 Å². The number of hydrogen-bond donors (Lipinski definition) is 0. The largest absolute Gasteiger partial charge is 0.102 e. The Morgan fingerprint density at radius 2 is 1.71 bits per heavy atom. The smallest absolute Gasteiger partial charge is 0.00158 e. The van der Waals surface area contributed by atoms with E-state index in [2.05, 4.69) is 45.5 Å². The zero-order valence-electron chi connectivity index (χ0n) is 11.3. The fraction of sp³-hybridized carbons (Fsp3) is 0.471. The van der Waals surface area contributed by atoms with Crippen LogP contribution in [0.1, 0.15) is 55.7 Å². The molecule has 1 aromatic carbocycles. The standard InChI is InChI=1S/C17H25/c1-5-8-10-16-11-15(9-6-2)12-17(13-16)14(4)7-3/h7,11-14H,3-6,8-10H2,1-2H3. The van der Waals surface area contributed by atoms with Crippen molar-refractivity contribution in [3.8, 4) is 0 Å². The molecule has 0 fully saturated rings. The van der Waals surface area contributed by atoms with Crippen LogP contribution in [0.5, 0.6) is 0 Å². The van der Waals surface area contributed by atoms with Gasteiger partial charge in [0.1, 0.15) is 0 Å². The van der Waals surface area contributed by atoms with Crippen molar-refractivity contribution >= 4 is 0 Å². The molecule has 0 saturated carbocycles. The van der Waals surface area contributed by atoms with Crippen LogP contribution in [0, 0.1) is 6.92 Å². The average Bonchev–Trinajstić information content (AvgIpc) is 2.35. The van der Waals surface area contributed by atoms with E-state index in [0.29, 0.717) is 0 Å². The van der Waals surface area contributed by atoms with Crippen molar-refractivity contribution in [2.45, 2.75) is 51.9 Å². The molecule has 0 amide bonds. The molecule has 0 N–H and O–H groups in total. The number of benzene rings is 1. The predicted octanol–water partition coefficient (Wildman–Crippen LogP) is 5.09. The van der Waals surface area contributed by atoms with Gasteiger partial charge in [-0.15, -0.1) is 6.58 Å². The van der Waals surface area contributed by atoms with Crippen LogP contribution in [0.4, 0.5) is 0 Å². The molecule has 1 radical (unpaired) electrons. The summed E-state index contributed by atoms with van der Waals surface area (Å²) in [7, 11) is 0. The molecule has 0 heterocycles. The van der Waals surface area contributed by atoms with Crippen molar-refractivity contribution in [3.63, 3.8) is 0 Å². The Bertz CT molecular complexity index is 349. The Kier molecular flexibility index (Phi) is 6.04.